The van der Waals surface area contributed by atoms with Crippen molar-refractivity contribution in [2.75, 3.05) is 13.2 Å². The first-order valence-electron chi connectivity index (χ1n) is 4.77. The largest absolute Gasteiger partial charge is 0.478 e. The summed E-state index contributed by atoms with van der Waals surface area (Å²) >= 11 is 0. The number of carboxylic acid groups (broad SMARTS) is 1. The summed E-state index contributed by atoms with van der Waals surface area (Å²) in [6.45, 7) is 7.48. The smallest absolute Gasteiger partial charge is 0.334 e. The van der Waals surface area contributed by atoms with Gasteiger partial charge in [0.25, 0.3) is 0 Å². The first-order valence-corrected chi connectivity index (χ1v) is 4.77. The second-order valence-corrected chi connectivity index (χ2v) is 2.58. The fraction of sp³-hybridized carbons (Fsp3) is 0.700. The van der Waals surface area contributed by atoms with Crippen LogP contribution in [0.15, 0.2) is 11.8 Å². The molecule has 0 aromatic rings. The van der Waals surface area contributed by atoms with Crippen LogP contribution in [0.5, 0.6) is 0 Å². The Hall–Kier alpha value is -1.07. The highest BCUT2D eigenvalue weighted by Crippen LogP contribution is 1.98. The van der Waals surface area contributed by atoms with E-state index in [1.807, 2.05) is 6.92 Å². The third-order valence-corrected chi connectivity index (χ3v) is 1.18. The Morgan fingerprint density at radius 1 is 1.47 bits per heavy atom. The normalized spacial score (nSPS) is 12.5. The Morgan fingerprint density at radius 2 is 1.93 bits per heavy atom. The van der Waals surface area contributed by atoms with Crippen molar-refractivity contribution < 1.29 is 24.5 Å². The molecule has 5 heteroatoms. The number of hydrogen-bond acceptors (Lipinski definition) is 4. The van der Waals surface area contributed by atoms with Gasteiger partial charge in [-0.15, -0.1) is 0 Å². The average Bonchev–Trinajstić information content (AvgIpc) is 2.15. The molecule has 0 bridgehead atoms. The van der Waals surface area contributed by atoms with E-state index in [0.717, 1.165) is 0 Å². The molecule has 0 amide bonds. The first-order chi connectivity index (χ1) is 6.99. The lowest BCUT2D eigenvalue weighted by atomic mass is 10.3. The summed E-state index contributed by atoms with van der Waals surface area (Å²) in [4.78, 5) is 10.3. The number of rotatable bonds is 5. The Morgan fingerprint density at radius 3 is 2.27 bits per heavy atom. The van der Waals surface area contributed by atoms with Crippen molar-refractivity contribution in [3.8, 4) is 0 Å². The highest BCUT2D eigenvalue weighted by Gasteiger charge is 2.02. The molecule has 0 aliphatic heterocycles. The minimum atomic E-state index is -0.987. The van der Waals surface area contributed by atoms with Crippen LogP contribution in [0.4, 0.5) is 0 Å². The van der Waals surface area contributed by atoms with E-state index >= 15 is 0 Å². The van der Waals surface area contributed by atoms with Gasteiger partial charge in [-0.05, 0) is 27.7 Å². The van der Waals surface area contributed by atoms with Crippen molar-refractivity contribution in [3.05, 3.63) is 11.8 Å². The molecule has 0 aliphatic rings. The van der Waals surface area contributed by atoms with Gasteiger partial charge in [0.05, 0.1) is 11.8 Å². The van der Waals surface area contributed by atoms with Gasteiger partial charge in [0.15, 0.2) is 6.29 Å². The summed E-state index contributed by atoms with van der Waals surface area (Å²) in [5.74, 6) is -0.987. The molecule has 0 rings (SSSR count). The molecule has 2 N–H and O–H groups in total. The van der Waals surface area contributed by atoms with Crippen LogP contribution in [0.3, 0.4) is 0 Å². The minimum absolute atomic E-state index is 0.154. The van der Waals surface area contributed by atoms with Gasteiger partial charge in [-0.25, -0.2) is 4.79 Å². The van der Waals surface area contributed by atoms with E-state index < -0.39 is 12.3 Å². The standard InChI is InChI=1S/C8H14O4.C2H6O/c1-4-11-7(3)12-5-6(2)8(9)10;1-2-3/h5,7H,4H2,1-3H3,(H,9,10);3H,2H2,1H3. The maximum Gasteiger partial charge on any atom is 0.334 e. The highest BCUT2D eigenvalue weighted by atomic mass is 16.7. The quantitative estimate of drug-likeness (QED) is 0.416. The molecule has 0 heterocycles. The van der Waals surface area contributed by atoms with Gasteiger partial charge in [0.2, 0.25) is 0 Å². The van der Waals surface area contributed by atoms with Crippen molar-refractivity contribution in [3.63, 3.8) is 0 Å². The third kappa shape index (κ3) is 12.9. The van der Waals surface area contributed by atoms with E-state index in [2.05, 4.69) is 0 Å². The van der Waals surface area contributed by atoms with E-state index in [-0.39, 0.29) is 12.2 Å². The van der Waals surface area contributed by atoms with Crippen molar-refractivity contribution in [2.24, 2.45) is 0 Å². The molecule has 0 saturated carbocycles. The fourth-order valence-corrected chi connectivity index (χ4v) is 0.522. The number of aliphatic hydroxyl groups excluding tert-OH is 1. The van der Waals surface area contributed by atoms with Gasteiger partial charge in [0.1, 0.15) is 0 Å². The maximum atomic E-state index is 10.3. The third-order valence-electron chi connectivity index (χ3n) is 1.18. The fourth-order valence-electron chi connectivity index (χ4n) is 0.522. The molecular weight excluding hydrogens is 200 g/mol. The van der Waals surface area contributed by atoms with Crippen LogP contribution < -0.4 is 0 Å². The molecule has 0 saturated heterocycles. The monoisotopic (exact) mass is 220 g/mol. The van der Waals surface area contributed by atoms with Gasteiger partial charge < -0.3 is 19.7 Å². The Balaban J connectivity index is 0. The summed E-state index contributed by atoms with van der Waals surface area (Å²) in [6, 6.07) is 0. The molecule has 15 heavy (non-hydrogen) atoms. The Kier molecular flexibility index (Phi) is 12.0. The molecule has 0 spiro atoms. The second-order valence-electron chi connectivity index (χ2n) is 2.58. The summed E-state index contributed by atoms with van der Waals surface area (Å²) in [5.41, 5.74) is 0.154. The zero-order valence-electron chi connectivity index (χ0n) is 9.69. The molecule has 1 unspecified atom stereocenters. The number of carbonyl (C=O) groups is 1. The summed E-state index contributed by atoms with van der Waals surface area (Å²) < 4.78 is 9.95. The number of hydrogen-bond donors (Lipinski definition) is 2. The van der Waals surface area contributed by atoms with E-state index in [1.165, 1.54) is 13.2 Å². The molecule has 0 fully saturated rings. The van der Waals surface area contributed by atoms with Crippen LogP contribution in [0, 0.1) is 0 Å². The summed E-state index contributed by atoms with van der Waals surface area (Å²) in [6.07, 6.45) is 0.784. The Labute approximate surface area is 90.3 Å². The van der Waals surface area contributed by atoms with Crippen molar-refractivity contribution in [2.45, 2.75) is 34.0 Å². The van der Waals surface area contributed by atoms with Gasteiger partial charge in [0, 0.05) is 13.2 Å². The predicted octanol–water partition coefficient (Wildman–Crippen LogP) is 1.37. The lowest BCUT2D eigenvalue weighted by Gasteiger charge is -2.10. The molecule has 0 aromatic carbocycles. The van der Waals surface area contributed by atoms with E-state index in [0.29, 0.717) is 6.61 Å². The average molecular weight is 220 g/mol. The van der Waals surface area contributed by atoms with Crippen LogP contribution in [0.1, 0.15) is 27.7 Å². The molecule has 90 valence electrons. The molecule has 0 radical (unpaired) electrons. The van der Waals surface area contributed by atoms with Gasteiger partial charge in [-0.3, -0.25) is 0 Å². The zero-order chi connectivity index (χ0) is 12.3. The lowest BCUT2D eigenvalue weighted by molar-refractivity contribution is -0.133. The number of aliphatic hydroxyl groups is 1. The molecule has 1 atom stereocenters. The van der Waals surface area contributed by atoms with Crippen LogP contribution in [-0.2, 0) is 14.3 Å². The van der Waals surface area contributed by atoms with E-state index in [4.69, 9.17) is 19.7 Å². The Bertz CT molecular complexity index is 188. The van der Waals surface area contributed by atoms with Gasteiger partial charge in [-0.2, -0.15) is 0 Å². The number of aliphatic carboxylic acids is 1. The molecule has 0 aromatic heterocycles. The topological polar surface area (TPSA) is 76.0 Å². The van der Waals surface area contributed by atoms with Crippen LogP contribution >= 0.6 is 0 Å². The SMILES string of the molecule is CCO.CCOC(C)OC=C(C)C(=O)O. The summed E-state index contributed by atoms with van der Waals surface area (Å²) in [7, 11) is 0. The van der Waals surface area contributed by atoms with Crippen LogP contribution in [0.2, 0.25) is 0 Å². The van der Waals surface area contributed by atoms with E-state index in [1.54, 1.807) is 13.8 Å². The minimum Gasteiger partial charge on any atom is -0.478 e. The molecular formula is C10H20O5. The van der Waals surface area contributed by atoms with Crippen LogP contribution in [0.25, 0.3) is 0 Å². The predicted molar refractivity (Wildman–Crippen MR) is 56.3 cm³/mol. The highest BCUT2D eigenvalue weighted by molar-refractivity contribution is 5.85. The summed E-state index contributed by atoms with van der Waals surface area (Å²) in [5, 5.41) is 16.0. The zero-order valence-corrected chi connectivity index (χ0v) is 9.69. The lowest BCUT2D eigenvalue weighted by Crippen LogP contribution is -2.10. The van der Waals surface area contributed by atoms with Crippen LogP contribution in [-0.4, -0.2) is 35.7 Å². The first kappa shape index (κ1) is 16.4. The number of ether oxygens (including phenoxy) is 2. The van der Waals surface area contributed by atoms with Crippen molar-refractivity contribution in [1.82, 2.24) is 0 Å². The van der Waals surface area contributed by atoms with Gasteiger partial charge in [-0.1, -0.05) is 0 Å². The molecule has 5 nitrogen and oxygen atoms in total. The maximum absolute atomic E-state index is 10.3. The molecule has 0 aliphatic carbocycles. The van der Waals surface area contributed by atoms with Crippen molar-refractivity contribution >= 4 is 5.97 Å². The van der Waals surface area contributed by atoms with Gasteiger partial charge >= 0.3 is 5.97 Å². The second kappa shape index (κ2) is 11.0. The number of carboxylic acids is 1. The van der Waals surface area contributed by atoms with Crippen molar-refractivity contribution in [1.29, 1.82) is 0 Å². The van der Waals surface area contributed by atoms with E-state index in [9.17, 15) is 4.79 Å².